The first-order valence-electron chi connectivity index (χ1n) is 8.16. The summed E-state index contributed by atoms with van der Waals surface area (Å²) >= 11 is 0. The maximum absolute atomic E-state index is 11.9. The number of aromatic nitrogens is 1. The number of carbonyl (C=O) groups is 1. The lowest BCUT2D eigenvalue weighted by atomic mass is 10.3. The van der Waals surface area contributed by atoms with Gasteiger partial charge >= 0.3 is 6.03 Å². The molecule has 1 aromatic heterocycles. The van der Waals surface area contributed by atoms with Crippen LogP contribution >= 0.6 is 0 Å². The normalized spacial score (nSPS) is 16.9. The van der Waals surface area contributed by atoms with Gasteiger partial charge in [0.2, 0.25) is 0 Å². The van der Waals surface area contributed by atoms with Crippen LogP contribution in [0.3, 0.4) is 0 Å². The molecule has 3 rings (SSSR count). The number of rotatable bonds is 6. The van der Waals surface area contributed by atoms with Gasteiger partial charge in [-0.25, -0.2) is 4.79 Å². The summed E-state index contributed by atoms with van der Waals surface area (Å²) in [4.78, 5) is 16.1. The third-order valence-corrected chi connectivity index (χ3v) is 3.60. The molecule has 7 nitrogen and oxygen atoms in total. The summed E-state index contributed by atoms with van der Waals surface area (Å²) in [5, 5.41) is 5.54. The molecule has 1 aliphatic rings. The van der Waals surface area contributed by atoms with Crippen LogP contribution in [-0.2, 0) is 16.1 Å². The van der Waals surface area contributed by atoms with Gasteiger partial charge in [-0.15, -0.1) is 0 Å². The number of pyridine rings is 1. The highest BCUT2D eigenvalue weighted by Gasteiger charge is 2.15. The van der Waals surface area contributed by atoms with Gasteiger partial charge in [0.05, 0.1) is 31.6 Å². The molecule has 1 aliphatic heterocycles. The van der Waals surface area contributed by atoms with Crippen LogP contribution < -0.4 is 15.4 Å². The molecule has 7 heteroatoms. The van der Waals surface area contributed by atoms with E-state index in [9.17, 15) is 4.79 Å². The topological polar surface area (TPSA) is 81.7 Å². The van der Waals surface area contributed by atoms with Crippen LogP contribution in [0.5, 0.6) is 5.75 Å². The molecule has 2 aromatic rings. The van der Waals surface area contributed by atoms with Crippen LogP contribution in [0.1, 0.15) is 5.69 Å². The van der Waals surface area contributed by atoms with Crippen molar-refractivity contribution in [3.63, 3.8) is 0 Å². The number of benzene rings is 1. The van der Waals surface area contributed by atoms with E-state index in [4.69, 9.17) is 14.2 Å². The number of amides is 2. The molecular weight excluding hydrogens is 322 g/mol. The van der Waals surface area contributed by atoms with E-state index in [2.05, 4.69) is 15.6 Å². The molecule has 1 atom stereocenters. The third-order valence-electron chi connectivity index (χ3n) is 3.60. The van der Waals surface area contributed by atoms with Gasteiger partial charge in [-0.2, -0.15) is 0 Å². The van der Waals surface area contributed by atoms with Crippen molar-refractivity contribution in [2.75, 3.05) is 31.7 Å². The number of nitrogens with one attached hydrogen (secondary N) is 2. The Balaban J connectivity index is 1.41. The van der Waals surface area contributed by atoms with Gasteiger partial charge in [0, 0.05) is 18.4 Å². The van der Waals surface area contributed by atoms with Crippen molar-refractivity contribution in [2.24, 2.45) is 0 Å². The summed E-state index contributed by atoms with van der Waals surface area (Å²) in [5.74, 6) is 0.712. The zero-order chi connectivity index (χ0) is 17.3. The maximum Gasteiger partial charge on any atom is 0.319 e. The SMILES string of the molecule is O=C(NC[C@H]1COCCO1)Nc1ccc(OCc2ccccn2)cc1. The van der Waals surface area contributed by atoms with Gasteiger partial charge in [-0.3, -0.25) is 4.98 Å². The Hall–Kier alpha value is -2.64. The lowest BCUT2D eigenvalue weighted by Crippen LogP contribution is -2.41. The average molecular weight is 343 g/mol. The molecule has 0 spiro atoms. The summed E-state index contributed by atoms with van der Waals surface area (Å²) in [5.41, 5.74) is 1.54. The second kappa shape index (κ2) is 9.00. The zero-order valence-electron chi connectivity index (χ0n) is 13.8. The van der Waals surface area contributed by atoms with Crippen LogP contribution in [0.4, 0.5) is 10.5 Å². The van der Waals surface area contributed by atoms with Crippen molar-refractivity contribution in [2.45, 2.75) is 12.7 Å². The summed E-state index contributed by atoms with van der Waals surface area (Å²) < 4.78 is 16.4. The van der Waals surface area contributed by atoms with E-state index in [1.807, 2.05) is 18.2 Å². The van der Waals surface area contributed by atoms with Crippen LogP contribution in [0.2, 0.25) is 0 Å². The van der Waals surface area contributed by atoms with E-state index in [-0.39, 0.29) is 12.1 Å². The Morgan fingerprint density at radius 2 is 2.08 bits per heavy atom. The molecule has 0 radical (unpaired) electrons. The fourth-order valence-corrected chi connectivity index (χ4v) is 2.31. The quantitative estimate of drug-likeness (QED) is 0.840. The summed E-state index contributed by atoms with van der Waals surface area (Å²) in [7, 11) is 0. The molecule has 2 heterocycles. The van der Waals surface area contributed by atoms with Crippen molar-refractivity contribution in [3.05, 3.63) is 54.4 Å². The second-order valence-corrected chi connectivity index (χ2v) is 5.54. The molecule has 2 N–H and O–H groups in total. The number of hydrogen-bond acceptors (Lipinski definition) is 5. The van der Waals surface area contributed by atoms with E-state index in [0.29, 0.717) is 44.4 Å². The smallest absolute Gasteiger partial charge is 0.319 e. The lowest BCUT2D eigenvalue weighted by Gasteiger charge is -2.23. The van der Waals surface area contributed by atoms with Crippen molar-refractivity contribution < 1.29 is 19.0 Å². The van der Waals surface area contributed by atoms with Crippen molar-refractivity contribution in [1.29, 1.82) is 0 Å². The Morgan fingerprint density at radius 1 is 1.20 bits per heavy atom. The Morgan fingerprint density at radius 3 is 2.80 bits per heavy atom. The molecule has 1 fully saturated rings. The highest BCUT2D eigenvalue weighted by atomic mass is 16.6. The van der Waals surface area contributed by atoms with E-state index in [1.165, 1.54) is 0 Å². The summed E-state index contributed by atoms with van der Waals surface area (Å²) in [6, 6.07) is 12.6. The highest BCUT2D eigenvalue weighted by molar-refractivity contribution is 5.89. The minimum atomic E-state index is -0.281. The molecule has 2 amide bonds. The van der Waals surface area contributed by atoms with Gasteiger partial charge in [-0.1, -0.05) is 6.07 Å². The largest absolute Gasteiger partial charge is 0.487 e. The van der Waals surface area contributed by atoms with Gasteiger partial charge in [-0.05, 0) is 36.4 Å². The molecule has 25 heavy (non-hydrogen) atoms. The number of carbonyl (C=O) groups excluding carboxylic acids is 1. The molecule has 132 valence electrons. The minimum absolute atomic E-state index is 0.0955. The number of hydrogen-bond donors (Lipinski definition) is 2. The Labute approximate surface area is 146 Å². The lowest BCUT2D eigenvalue weighted by molar-refractivity contribution is -0.0852. The molecule has 1 aromatic carbocycles. The predicted octanol–water partition coefficient (Wildman–Crippen LogP) is 2.20. The summed E-state index contributed by atoms with van der Waals surface area (Å²) in [6.07, 6.45) is 1.64. The van der Waals surface area contributed by atoms with Gasteiger partial charge in [0.25, 0.3) is 0 Å². The van der Waals surface area contributed by atoms with Crippen LogP contribution in [-0.4, -0.2) is 43.5 Å². The van der Waals surface area contributed by atoms with Crippen molar-refractivity contribution >= 4 is 11.7 Å². The Bertz CT molecular complexity index is 658. The first kappa shape index (κ1) is 17.2. The predicted molar refractivity (Wildman–Crippen MR) is 92.6 cm³/mol. The average Bonchev–Trinajstić information content (AvgIpc) is 2.67. The number of anilines is 1. The van der Waals surface area contributed by atoms with Crippen LogP contribution in [0.25, 0.3) is 0 Å². The van der Waals surface area contributed by atoms with Crippen LogP contribution in [0.15, 0.2) is 48.7 Å². The fraction of sp³-hybridized carbons (Fsp3) is 0.333. The van der Waals surface area contributed by atoms with E-state index in [1.54, 1.807) is 30.5 Å². The van der Waals surface area contributed by atoms with E-state index < -0.39 is 0 Å². The van der Waals surface area contributed by atoms with Gasteiger partial charge in [0.1, 0.15) is 12.4 Å². The number of ether oxygens (including phenoxy) is 3. The minimum Gasteiger partial charge on any atom is -0.487 e. The third kappa shape index (κ3) is 5.74. The molecule has 0 bridgehead atoms. The second-order valence-electron chi connectivity index (χ2n) is 5.54. The van der Waals surface area contributed by atoms with Crippen LogP contribution in [0, 0.1) is 0 Å². The molecule has 0 aliphatic carbocycles. The molecule has 0 unspecified atom stereocenters. The monoisotopic (exact) mass is 343 g/mol. The highest BCUT2D eigenvalue weighted by Crippen LogP contribution is 2.16. The maximum atomic E-state index is 11.9. The van der Waals surface area contributed by atoms with E-state index >= 15 is 0 Å². The fourth-order valence-electron chi connectivity index (χ4n) is 2.31. The standard InChI is InChI=1S/C18H21N3O4/c22-18(20-11-17-13-23-9-10-24-17)21-14-4-6-16(7-5-14)25-12-15-3-1-2-8-19-15/h1-8,17H,9-13H2,(H2,20,21,22)/t17-/m0/s1. The van der Waals surface area contributed by atoms with E-state index in [0.717, 1.165) is 5.69 Å². The number of nitrogens with zero attached hydrogens (tertiary/aromatic N) is 1. The van der Waals surface area contributed by atoms with Crippen molar-refractivity contribution in [3.8, 4) is 5.75 Å². The zero-order valence-corrected chi connectivity index (χ0v) is 13.8. The molecule has 1 saturated heterocycles. The first-order valence-corrected chi connectivity index (χ1v) is 8.16. The van der Waals surface area contributed by atoms with Crippen molar-refractivity contribution in [1.82, 2.24) is 10.3 Å². The van der Waals surface area contributed by atoms with Gasteiger partial charge in [0.15, 0.2) is 0 Å². The first-order chi connectivity index (χ1) is 12.3. The number of urea groups is 1. The Kier molecular flexibility index (Phi) is 6.19. The molecular formula is C18H21N3O4. The molecule has 0 saturated carbocycles. The van der Waals surface area contributed by atoms with Gasteiger partial charge < -0.3 is 24.8 Å². The summed E-state index contributed by atoms with van der Waals surface area (Å²) in [6.45, 7) is 2.49.